The first-order valence-corrected chi connectivity index (χ1v) is 11.0. The Hall–Kier alpha value is -1.17. The fourth-order valence-electron chi connectivity index (χ4n) is 3.34. The van der Waals surface area contributed by atoms with E-state index in [2.05, 4.69) is 24.1 Å². The van der Waals surface area contributed by atoms with Crippen LogP contribution in [0.1, 0.15) is 53.7 Å². The molecule has 3 nitrogen and oxygen atoms in total. The minimum atomic E-state index is 0.103. The van der Waals surface area contributed by atoms with E-state index in [0.29, 0.717) is 11.7 Å². The molecule has 3 rings (SSSR count). The third-order valence-corrected chi connectivity index (χ3v) is 6.42. The predicted octanol–water partition coefficient (Wildman–Crippen LogP) is 5.08. The number of benzene rings is 1. The molecule has 0 saturated carbocycles. The van der Waals surface area contributed by atoms with Crippen LogP contribution >= 0.6 is 23.1 Å². The largest absolute Gasteiger partial charge is 0.296 e. The van der Waals surface area contributed by atoms with Gasteiger partial charge in [0.15, 0.2) is 5.78 Å². The van der Waals surface area contributed by atoms with E-state index >= 15 is 0 Å². The number of likely N-dealkylation sites (tertiary alicyclic amines) is 1. The van der Waals surface area contributed by atoms with E-state index in [9.17, 15) is 4.79 Å². The zero-order valence-electron chi connectivity index (χ0n) is 15.2. The number of rotatable bonds is 6. The second-order valence-corrected chi connectivity index (χ2v) is 8.75. The van der Waals surface area contributed by atoms with Crippen LogP contribution in [0.2, 0.25) is 0 Å². The number of aromatic nitrogens is 1. The number of carbonyl (C=O) groups is 1. The summed E-state index contributed by atoms with van der Waals surface area (Å²) in [6, 6.07) is 7.99. The Kier molecular flexibility index (Phi) is 6.31. The first-order chi connectivity index (χ1) is 12.1. The molecule has 0 N–H and O–H groups in total. The third-order valence-electron chi connectivity index (χ3n) is 4.77. The maximum absolute atomic E-state index is 13.0. The summed E-state index contributed by atoms with van der Waals surface area (Å²) in [6.45, 7) is 7.13. The molecule has 2 aromatic rings. The molecule has 2 heterocycles. The van der Waals surface area contributed by atoms with Crippen molar-refractivity contribution >= 4 is 28.9 Å². The number of thioether (sulfide) groups is 1. The minimum Gasteiger partial charge on any atom is -0.296 e. The smallest absolute Gasteiger partial charge is 0.168 e. The highest BCUT2D eigenvalue weighted by Crippen LogP contribution is 2.28. The van der Waals surface area contributed by atoms with Gasteiger partial charge in [0, 0.05) is 28.3 Å². The maximum atomic E-state index is 13.0. The summed E-state index contributed by atoms with van der Waals surface area (Å²) in [5, 5.41) is 3.34. The minimum absolute atomic E-state index is 0.103. The van der Waals surface area contributed by atoms with Crippen LogP contribution in [0.3, 0.4) is 0 Å². The van der Waals surface area contributed by atoms with Crippen LogP contribution < -0.4 is 0 Å². The van der Waals surface area contributed by atoms with Crippen LogP contribution in [0.15, 0.2) is 34.5 Å². The third kappa shape index (κ3) is 4.52. The average Bonchev–Trinajstić information content (AvgIpc) is 3.10. The van der Waals surface area contributed by atoms with Gasteiger partial charge in [-0.3, -0.25) is 9.69 Å². The molecule has 25 heavy (non-hydrogen) atoms. The first-order valence-electron chi connectivity index (χ1n) is 8.92. The van der Waals surface area contributed by atoms with Crippen LogP contribution in [0.25, 0.3) is 0 Å². The van der Waals surface area contributed by atoms with E-state index < -0.39 is 0 Å². The molecular weight excluding hydrogens is 348 g/mol. The molecule has 0 spiro atoms. The Balaban J connectivity index is 1.67. The number of piperidine rings is 1. The lowest BCUT2D eigenvalue weighted by Gasteiger charge is -2.31. The average molecular weight is 375 g/mol. The van der Waals surface area contributed by atoms with Crippen molar-refractivity contribution in [3.05, 3.63) is 45.9 Å². The lowest BCUT2D eigenvalue weighted by atomic mass is 9.90. The van der Waals surface area contributed by atoms with E-state index in [1.807, 2.05) is 30.5 Å². The molecule has 0 radical (unpaired) electrons. The van der Waals surface area contributed by atoms with Crippen LogP contribution in [0.5, 0.6) is 0 Å². The van der Waals surface area contributed by atoms with Crippen molar-refractivity contribution in [2.75, 3.05) is 19.3 Å². The summed E-state index contributed by atoms with van der Waals surface area (Å²) in [5.74, 6) is 0.881. The van der Waals surface area contributed by atoms with Crippen LogP contribution in [0.4, 0.5) is 0 Å². The lowest BCUT2D eigenvalue weighted by molar-refractivity contribution is 0.0808. The number of nitrogens with zero attached hydrogens (tertiary/aromatic N) is 2. The zero-order chi connectivity index (χ0) is 17.8. The zero-order valence-corrected chi connectivity index (χ0v) is 16.8. The van der Waals surface area contributed by atoms with Crippen molar-refractivity contribution in [2.24, 2.45) is 5.92 Å². The quantitative estimate of drug-likeness (QED) is 0.521. The molecule has 1 fully saturated rings. The normalized spacial score (nSPS) is 18.6. The van der Waals surface area contributed by atoms with Crippen LogP contribution in [-0.4, -0.2) is 35.0 Å². The fraction of sp³-hybridized carbons (Fsp3) is 0.500. The van der Waals surface area contributed by atoms with Gasteiger partial charge in [0.25, 0.3) is 0 Å². The number of carbonyl (C=O) groups excluding carboxylic acids is 1. The summed E-state index contributed by atoms with van der Waals surface area (Å²) in [5.41, 5.74) is 2.07. The molecule has 0 unspecified atom stereocenters. The molecule has 1 aromatic heterocycles. The van der Waals surface area contributed by atoms with Crippen molar-refractivity contribution in [2.45, 2.75) is 44.0 Å². The van der Waals surface area contributed by atoms with Gasteiger partial charge in [0.1, 0.15) is 5.01 Å². The number of hydrogen-bond donors (Lipinski definition) is 0. The fourth-order valence-corrected chi connectivity index (χ4v) is 4.94. The molecule has 1 atom stereocenters. The van der Waals surface area contributed by atoms with Gasteiger partial charge >= 0.3 is 0 Å². The van der Waals surface area contributed by atoms with Crippen molar-refractivity contribution in [1.82, 2.24) is 9.88 Å². The van der Waals surface area contributed by atoms with Crippen molar-refractivity contribution in [3.8, 4) is 0 Å². The molecular formula is C20H26N2OS2. The van der Waals surface area contributed by atoms with Gasteiger partial charge in [0.05, 0.1) is 12.2 Å². The van der Waals surface area contributed by atoms with Crippen LogP contribution in [-0.2, 0) is 6.54 Å². The van der Waals surface area contributed by atoms with Gasteiger partial charge in [-0.1, -0.05) is 32.0 Å². The van der Waals surface area contributed by atoms with Crippen LogP contribution in [0, 0.1) is 5.92 Å². The molecule has 1 aliphatic rings. The molecule has 0 bridgehead atoms. The highest BCUT2D eigenvalue weighted by Gasteiger charge is 2.28. The number of Topliss-reactive ketones (excluding diaryl/α,β-unsaturated/α-hetero) is 1. The van der Waals surface area contributed by atoms with Crippen molar-refractivity contribution in [3.63, 3.8) is 0 Å². The highest BCUT2D eigenvalue weighted by molar-refractivity contribution is 7.98. The Morgan fingerprint density at radius 1 is 1.40 bits per heavy atom. The number of hydrogen-bond acceptors (Lipinski definition) is 5. The summed E-state index contributed by atoms with van der Waals surface area (Å²) >= 11 is 3.40. The predicted molar refractivity (Wildman–Crippen MR) is 107 cm³/mol. The topological polar surface area (TPSA) is 33.2 Å². The SMILES string of the molecule is CSc1ccccc1C(=O)[C@@H]1CCCN(Cc2nc(C(C)C)cs2)C1. The highest BCUT2D eigenvalue weighted by atomic mass is 32.2. The van der Waals surface area contributed by atoms with E-state index in [1.165, 1.54) is 10.7 Å². The van der Waals surface area contributed by atoms with Gasteiger partial charge in [-0.25, -0.2) is 4.98 Å². The van der Waals surface area contributed by atoms with E-state index in [1.54, 1.807) is 23.1 Å². The number of ketones is 1. The summed E-state index contributed by atoms with van der Waals surface area (Å²) < 4.78 is 0. The molecule has 1 aliphatic heterocycles. The second-order valence-electron chi connectivity index (χ2n) is 6.96. The molecule has 1 aromatic carbocycles. The van der Waals surface area contributed by atoms with Gasteiger partial charge in [-0.05, 0) is 37.6 Å². The molecule has 5 heteroatoms. The second kappa shape index (κ2) is 8.47. The Labute approximate surface area is 158 Å². The standard InChI is InChI=1S/C20H26N2OS2/c1-14(2)17-13-25-19(21-17)12-22-10-6-7-15(11-22)20(23)16-8-4-5-9-18(16)24-3/h4-5,8-9,13-15H,6-7,10-12H2,1-3H3/t15-/m1/s1. The Morgan fingerprint density at radius 3 is 2.92 bits per heavy atom. The summed E-state index contributed by atoms with van der Waals surface area (Å²) in [6.07, 6.45) is 4.11. The monoisotopic (exact) mass is 374 g/mol. The van der Waals surface area contributed by atoms with Crippen molar-refractivity contribution < 1.29 is 4.79 Å². The first kappa shape index (κ1) is 18.6. The van der Waals surface area contributed by atoms with Crippen molar-refractivity contribution in [1.29, 1.82) is 0 Å². The Morgan fingerprint density at radius 2 is 2.20 bits per heavy atom. The van der Waals surface area contributed by atoms with Gasteiger partial charge < -0.3 is 0 Å². The Bertz CT molecular complexity index is 726. The lowest BCUT2D eigenvalue weighted by Crippen LogP contribution is -2.38. The maximum Gasteiger partial charge on any atom is 0.168 e. The number of thiazole rings is 1. The van der Waals surface area contributed by atoms with Gasteiger partial charge in [0.2, 0.25) is 0 Å². The molecule has 0 amide bonds. The van der Waals surface area contributed by atoms with E-state index in [4.69, 9.17) is 4.98 Å². The molecule has 134 valence electrons. The van der Waals surface area contributed by atoms with Gasteiger partial charge in [-0.2, -0.15) is 0 Å². The summed E-state index contributed by atoms with van der Waals surface area (Å²) in [4.78, 5) is 21.3. The molecule has 0 aliphatic carbocycles. The van der Waals surface area contributed by atoms with Gasteiger partial charge in [-0.15, -0.1) is 23.1 Å². The summed E-state index contributed by atoms with van der Waals surface area (Å²) in [7, 11) is 0. The molecule has 1 saturated heterocycles. The van der Waals surface area contributed by atoms with E-state index in [-0.39, 0.29) is 5.92 Å². The van der Waals surface area contributed by atoms with E-state index in [0.717, 1.165) is 42.9 Å².